The first-order valence-corrected chi connectivity index (χ1v) is 28.4. The standard InChI is InChI=1S/C74H73BN2O/c1-70(2,3)46-28-32-63-57(39-46)58-40-47(71(4,5)6)29-33-64(58)76(63)51-30-31-60-66(43-51)78-67-42-50(74(13,14)15)41-65-68(67)75(60)61-37-45(44-34-48(72(7,8)9)38-49(35-44)73(10,11)12)36-59-55-25-19-17-23-53(55)52-22-16-18-24-54(52)56-26-20-21-27-62(56)77(65)69(59)61/h16-43H,1-15H3. The zero-order valence-corrected chi connectivity index (χ0v) is 48.5. The molecule has 0 amide bonds. The number of hydrogen-bond donors (Lipinski definition) is 0. The molecule has 0 saturated heterocycles. The minimum atomic E-state index is -0.179. The Morgan fingerprint density at radius 1 is 0.321 bits per heavy atom. The molecule has 3 nitrogen and oxygen atoms in total. The second-order valence-corrected chi connectivity index (χ2v) is 27.9. The van der Waals surface area contributed by atoms with E-state index >= 15 is 0 Å². The Bertz CT molecular complexity index is 4320. The van der Waals surface area contributed by atoms with Crippen molar-refractivity contribution < 1.29 is 4.74 Å². The van der Waals surface area contributed by atoms with E-state index < -0.39 is 0 Å². The molecule has 4 heterocycles. The van der Waals surface area contributed by atoms with E-state index in [-0.39, 0.29) is 33.8 Å². The summed E-state index contributed by atoms with van der Waals surface area (Å²) in [6, 6.07) is 65.9. The molecule has 0 fully saturated rings. The van der Waals surface area contributed by atoms with Gasteiger partial charge in [-0.15, -0.1) is 0 Å². The Morgan fingerprint density at radius 3 is 1.32 bits per heavy atom. The maximum Gasteiger partial charge on any atom is 0.256 e. The van der Waals surface area contributed by atoms with Crippen LogP contribution >= 0.6 is 0 Å². The minimum absolute atomic E-state index is 0.00379. The summed E-state index contributed by atoms with van der Waals surface area (Å²) in [6.07, 6.45) is 0. The quantitative estimate of drug-likeness (QED) is 0.158. The molecular formula is C74H73BN2O. The normalized spacial score (nSPS) is 13.7. The number of benzene rings is 9. The van der Waals surface area contributed by atoms with Gasteiger partial charge < -0.3 is 13.9 Å². The van der Waals surface area contributed by atoms with Crippen LogP contribution in [0.5, 0.6) is 11.5 Å². The Kier molecular flexibility index (Phi) is 10.9. The predicted molar refractivity (Wildman–Crippen MR) is 338 cm³/mol. The average molecular weight is 1020 g/mol. The number of nitrogens with zero attached hydrogens (tertiary/aromatic N) is 2. The largest absolute Gasteiger partial charge is 0.458 e. The summed E-state index contributed by atoms with van der Waals surface area (Å²) >= 11 is 0. The fourth-order valence-corrected chi connectivity index (χ4v) is 12.8. The van der Waals surface area contributed by atoms with Gasteiger partial charge in [-0.05, 0) is 159 Å². The van der Waals surface area contributed by atoms with Crippen LogP contribution in [0, 0.1) is 0 Å². The lowest BCUT2D eigenvalue weighted by Crippen LogP contribution is -2.58. The van der Waals surface area contributed by atoms with Crippen molar-refractivity contribution in [2.24, 2.45) is 0 Å². The van der Waals surface area contributed by atoms with Gasteiger partial charge in [0.1, 0.15) is 11.5 Å². The first-order valence-electron chi connectivity index (χ1n) is 28.4. The van der Waals surface area contributed by atoms with Crippen LogP contribution in [-0.4, -0.2) is 15.8 Å². The number of fused-ring (bicyclic) bond motifs is 14. The Morgan fingerprint density at radius 2 is 0.782 bits per heavy atom. The van der Waals surface area contributed by atoms with Gasteiger partial charge in [-0.3, -0.25) is 0 Å². The topological polar surface area (TPSA) is 19.1 Å². The van der Waals surface area contributed by atoms with Gasteiger partial charge >= 0.3 is 0 Å². The highest BCUT2D eigenvalue weighted by Gasteiger charge is 2.41. The van der Waals surface area contributed by atoms with E-state index in [2.05, 4.69) is 283 Å². The van der Waals surface area contributed by atoms with E-state index in [0.29, 0.717) is 0 Å². The predicted octanol–water partition coefficient (Wildman–Crippen LogP) is 18.4. The van der Waals surface area contributed by atoms with E-state index in [9.17, 15) is 0 Å². The Hall–Kier alpha value is -7.56. The van der Waals surface area contributed by atoms with Crippen LogP contribution in [0.15, 0.2) is 170 Å². The fraction of sp³-hybridized carbons (Fsp3) is 0.270. The zero-order chi connectivity index (χ0) is 54.7. The number of aromatic nitrogens is 2. The highest BCUT2D eigenvalue weighted by Crippen LogP contribution is 2.44. The lowest BCUT2D eigenvalue weighted by atomic mass is 9.34. The second-order valence-electron chi connectivity index (χ2n) is 27.9. The molecule has 2 aliphatic rings. The molecule has 78 heavy (non-hydrogen) atoms. The third kappa shape index (κ3) is 7.91. The Labute approximate surface area is 462 Å². The van der Waals surface area contributed by atoms with Gasteiger partial charge in [0.15, 0.2) is 0 Å². The highest BCUT2D eigenvalue weighted by molar-refractivity contribution is 6.99. The van der Waals surface area contributed by atoms with Crippen molar-refractivity contribution >= 4 is 88.3 Å². The van der Waals surface area contributed by atoms with Gasteiger partial charge in [-0.25, -0.2) is 0 Å². The van der Waals surface area contributed by atoms with Crippen LogP contribution in [0.3, 0.4) is 0 Å². The van der Waals surface area contributed by atoms with Crippen molar-refractivity contribution in [3.63, 3.8) is 0 Å². The molecule has 11 aromatic rings. The van der Waals surface area contributed by atoms with Crippen LogP contribution in [0.1, 0.15) is 132 Å². The molecule has 2 aromatic heterocycles. The van der Waals surface area contributed by atoms with E-state index in [4.69, 9.17) is 4.74 Å². The SMILES string of the molecule is CC(C)(C)c1cc(-c2cc3c4c(c2)c2ccccc2c2ccccc2c2ccccc2n4-c2cc(C(C)(C)C)cc4c2B3c2ccc(-n3c5ccc(C(C)(C)C)cc5c5cc(C(C)(C)C)ccc53)cc2O4)cc(C(C)(C)C)c1. The first kappa shape index (κ1) is 50.0. The second kappa shape index (κ2) is 17.0. The summed E-state index contributed by atoms with van der Waals surface area (Å²) < 4.78 is 12.7. The molecule has 0 spiro atoms. The van der Waals surface area contributed by atoms with Gasteiger partial charge in [0.2, 0.25) is 0 Å². The fourth-order valence-electron chi connectivity index (χ4n) is 12.8. The molecule has 0 bridgehead atoms. The van der Waals surface area contributed by atoms with E-state index in [1.165, 1.54) is 121 Å². The van der Waals surface area contributed by atoms with E-state index in [1.807, 2.05) is 0 Å². The van der Waals surface area contributed by atoms with Crippen molar-refractivity contribution in [1.29, 1.82) is 0 Å². The molecule has 9 aromatic carbocycles. The van der Waals surface area contributed by atoms with E-state index in [1.54, 1.807) is 0 Å². The van der Waals surface area contributed by atoms with Gasteiger partial charge in [0.05, 0.1) is 16.6 Å². The third-order valence-electron chi connectivity index (χ3n) is 17.3. The van der Waals surface area contributed by atoms with Crippen molar-refractivity contribution in [3.8, 4) is 34.0 Å². The van der Waals surface area contributed by atoms with Gasteiger partial charge in [-0.1, -0.05) is 213 Å². The summed E-state index contributed by atoms with van der Waals surface area (Å²) in [6.45, 7) is 34.8. The minimum Gasteiger partial charge on any atom is -0.458 e. The average Bonchev–Trinajstić information content (AvgIpc) is 2.76. The summed E-state index contributed by atoms with van der Waals surface area (Å²) in [7, 11) is 0. The molecule has 0 N–H and O–H groups in total. The number of para-hydroxylation sites is 1. The smallest absolute Gasteiger partial charge is 0.256 e. The van der Waals surface area contributed by atoms with Crippen LogP contribution in [0.2, 0.25) is 0 Å². The zero-order valence-electron chi connectivity index (χ0n) is 48.5. The van der Waals surface area contributed by atoms with Crippen LogP contribution in [0.4, 0.5) is 0 Å². The van der Waals surface area contributed by atoms with Crippen LogP contribution in [-0.2, 0) is 27.1 Å². The summed E-state index contributed by atoms with van der Waals surface area (Å²) in [5.74, 6) is 1.81. The van der Waals surface area contributed by atoms with Crippen LogP contribution < -0.4 is 21.1 Å². The molecule has 388 valence electrons. The first-order chi connectivity index (χ1) is 36.8. The molecule has 4 heteroatoms. The molecule has 13 rings (SSSR count). The maximum atomic E-state index is 7.57. The van der Waals surface area contributed by atoms with Gasteiger partial charge in [0, 0.05) is 44.5 Å². The lowest BCUT2D eigenvalue weighted by molar-refractivity contribution is 0.482. The summed E-state index contributed by atoms with van der Waals surface area (Å²) in [5, 5.41) is 9.86. The molecule has 0 saturated carbocycles. The Balaban J connectivity index is 1.19. The van der Waals surface area contributed by atoms with Crippen molar-refractivity contribution in [2.45, 2.75) is 131 Å². The molecule has 0 aliphatic carbocycles. The van der Waals surface area contributed by atoms with Gasteiger partial charge in [0.25, 0.3) is 6.71 Å². The maximum absolute atomic E-state index is 7.57. The van der Waals surface area contributed by atoms with Crippen molar-refractivity contribution in [2.75, 3.05) is 0 Å². The monoisotopic (exact) mass is 1020 g/mol. The highest BCUT2D eigenvalue weighted by atomic mass is 16.5. The number of hydrogen-bond acceptors (Lipinski definition) is 1. The van der Waals surface area contributed by atoms with Crippen molar-refractivity contribution in [3.05, 3.63) is 198 Å². The summed E-state index contributed by atoms with van der Waals surface area (Å²) in [4.78, 5) is 0. The molecular weight excluding hydrogens is 944 g/mol. The van der Waals surface area contributed by atoms with Gasteiger partial charge in [-0.2, -0.15) is 0 Å². The van der Waals surface area contributed by atoms with E-state index in [0.717, 1.165) is 22.7 Å². The molecule has 0 atom stereocenters. The number of ether oxygens (including phenoxy) is 1. The molecule has 0 unspecified atom stereocenters. The third-order valence-corrected chi connectivity index (χ3v) is 17.3. The lowest BCUT2D eigenvalue weighted by Gasteiger charge is -2.36. The van der Waals surface area contributed by atoms with Crippen molar-refractivity contribution in [1.82, 2.24) is 9.13 Å². The summed E-state index contributed by atoms with van der Waals surface area (Å²) in [5.41, 5.74) is 19.4. The number of rotatable bonds is 2. The van der Waals surface area contributed by atoms with Crippen LogP contribution in [0.25, 0.3) is 87.7 Å². The molecule has 2 aliphatic heterocycles. The molecule has 0 radical (unpaired) electrons.